The van der Waals surface area contributed by atoms with Gasteiger partial charge in [0, 0.05) is 62.2 Å². The third-order valence-corrected chi connectivity index (χ3v) is 17.9. The highest BCUT2D eigenvalue weighted by Crippen LogP contribution is 2.38. The molecule has 0 spiro atoms. The molecule has 418 valence electrons. The SMILES string of the molecule is CN[C@@H](C)C(=O)N[C@H]1CN(C(=O)Cc2ccc(CC(=O)N3CC[C@H]4CC[C@@H](C(=O)N[C@@H]5CCC[C@@H]5c5ccccc5)N4C(=O)[C@@H](NC(=O)[C@H](C)NC)C3)cc2)CC[C@H]2CC[C@@H](C(=O)N[C@@H]3CCC[C@@H]3c3ccccc3)N2C1=O. The smallest absolute Gasteiger partial charge is 0.247 e. The van der Waals surface area contributed by atoms with Gasteiger partial charge >= 0.3 is 0 Å². The second kappa shape index (κ2) is 25.4. The Morgan fingerprint density at radius 3 is 1.24 bits per heavy atom. The highest BCUT2D eigenvalue weighted by atomic mass is 16.2. The van der Waals surface area contributed by atoms with Crippen LogP contribution in [-0.2, 0) is 51.2 Å². The summed E-state index contributed by atoms with van der Waals surface area (Å²) in [5.41, 5.74) is 3.79. The first-order valence-corrected chi connectivity index (χ1v) is 28.6. The van der Waals surface area contributed by atoms with Gasteiger partial charge in [0.05, 0.1) is 24.9 Å². The molecule has 6 fully saturated rings. The Morgan fingerprint density at radius 2 is 0.872 bits per heavy atom. The molecule has 2 aliphatic carbocycles. The van der Waals surface area contributed by atoms with Crippen LogP contribution in [0.4, 0.5) is 0 Å². The largest absolute Gasteiger partial charge is 0.351 e. The minimum atomic E-state index is -1.07. The van der Waals surface area contributed by atoms with Crippen LogP contribution in [0, 0.1) is 0 Å². The Labute approximate surface area is 458 Å². The molecule has 2 saturated carbocycles. The van der Waals surface area contributed by atoms with E-state index >= 15 is 0 Å². The van der Waals surface area contributed by atoms with Crippen LogP contribution in [0.3, 0.4) is 0 Å². The normalized spacial score (nSPS) is 28.1. The summed E-state index contributed by atoms with van der Waals surface area (Å²) in [6.07, 6.45) is 8.83. The van der Waals surface area contributed by atoms with E-state index in [1.165, 1.54) is 11.1 Å². The van der Waals surface area contributed by atoms with Crippen molar-refractivity contribution < 1.29 is 38.4 Å². The van der Waals surface area contributed by atoms with E-state index in [-0.39, 0.29) is 109 Å². The average Bonchev–Trinajstić information content (AvgIpc) is 4.42. The number of rotatable bonds is 16. The fraction of sp³-hybridized carbons (Fsp3) is 0.567. The van der Waals surface area contributed by atoms with Crippen molar-refractivity contribution in [3.05, 3.63) is 107 Å². The van der Waals surface area contributed by atoms with Gasteiger partial charge in [-0.1, -0.05) is 97.8 Å². The van der Waals surface area contributed by atoms with Gasteiger partial charge in [-0.05, 0) is 114 Å². The van der Waals surface area contributed by atoms with Gasteiger partial charge in [0.2, 0.25) is 47.3 Å². The second-order valence-corrected chi connectivity index (χ2v) is 22.7. The van der Waals surface area contributed by atoms with Crippen molar-refractivity contribution in [1.29, 1.82) is 0 Å². The third-order valence-electron chi connectivity index (χ3n) is 17.9. The van der Waals surface area contributed by atoms with E-state index in [1.807, 2.05) is 60.7 Å². The summed E-state index contributed by atoms with van der Waals surface area (Å²) in [5, 5.41) is 18.3. The lowest BCUT2D eigenvalue weighted by Gasteiger charge is -2.39. The first-order chi connectivity index (χ1) is 37.7. The maximum absolute atomic E-state index is 14.7. The number of amides is 8. The molecule has 0 bridgehead atoms. The lowest BCUT2D eigenvalue weighted by Crippen LogP contribution is -2.62. The van der Waals surface area contributed by atoms with Crippen LogP contribution in [0.25, 0.3) is 0 Å². The first-order valence-electron chi connectivity index (χ1n) is 28.6. The lowest BCUT2D eigenvalue weighted by molar-refractivity contribution is -0.147. The fourth-order valence-electron chi connectivity index (χ4n) is 13.2. The molecule has 6 N–H and O–H groups in total. The summed E-state index contributed by atoms with van der Waals surface area (Å²) in [5.74, 6) is -1.93. The molecule has 78 heavy (non-hydrogen) atoms. The molecule has 3 aromatic carbocycles. The monoisotopic (exact) mass is 1070 g/mol. The number of likely N-dealkylation sites (N-methyl/N-ethyl adjacent to an activating group) is 2. The summed E-state index contributed by atoms with van der Waals surface area (Å²) in [4.78, 5) is 119. The molecule has 12 atom stereocenters. The van der Waals surface area contributed by atoms with E-state index in [4.69, 9.17) is 0 Å². The molecule has 8 amide bonds. The van der Waals surface area contributed by atoms with Gasteiger partial charge in [0.1, 0.15) is 24.2 Å². The van der Waals surface area contributed by atoms with Crippen LogP contribution in [0.2, 0.25) is 0 Å². The quantitative estimate of drug-likeness (QED) is 0.123. The fourth-order valence-corrected chi connectivity index (χ4v) is 13.2. The van der Waals surface area contributed by atoms with Crippen molar-refractivity contribution in [3.8, 4) is 0 Å². The predicted octanol–water partition coefficient (Wildman–Crippen LogP) is 3.05. The lowest BCUT2D eigenvalue weighted by atomic mass is 9.94. The van der Waals surface area contributed by atoms with E-state index in [9.17, 15) is 38.4 Å². The third kappa shape index (κ3) is 12.8. The van der Waals surface area contributed by atoms with Crippen LogP contribution in [0.15, 0.2) is 84.9 Å². The minimum Gasteiger partial charge on any atom is -0.351 e. The van der Waals surface area contributed by atoms with E-state index in [2.05, 4.69) is 56.2 Å². The molecule has 18 heteroatoms. The number of hydrogen-bond donors (Lipinski definition) is 6. The molecule has 18 nitrogen and oxygen atoms in total. The average molecular weight is 1070 g/mol. The summed E-state index contributed by atoms with van der Waals surface area (Å²) in [6.45, 7) is 3.93. The molecule has 3 aromatic rings. The van der Waals surface area contributed by atoms with Crippen LogP contribution < -0.4 is 31.9 Å². The van der Waals surface area contributed by atoms with Crippen molar-refractivity contribution in [2.45, 2.75) is 176 Å². The van der Waals surface area contributed by atoms with E-state index < -0.39 is 36.3 Å². The van der Waals surface area contributed by atoms with Gasteiger partial charge < -0.3 is 51.5 Å². The number of nitrogens with one attached hydrogen (secondary N) is 6. The molecular weight excluding hydrogens is 989 g/mol. The number of hydrogen-bond acceptors (Lipinski definition) is 10. The van der Waals surface area contributed by atoms with Crippen molar-refractivity contribution in [2.24, 2.45) is 0 Å². The van der Waals surface area contributed by atoms with Crippen LogP contribution in [0.1, 0.15) is 125 Å². The van der Waals surface area contributed by atoms with Crippen LogP contribution in [0.5, 0.6) is 0 Å². The zero-order valence-corrected chi connectivity index (χ0v) is 45.8. The van der Waals surface area contributed by atoms with Crippen molar-refractivity contribution >= 4 is 47.3 Å². The zero-order valence-electron chi connectivity index (χ0n) is 45.8. The van der Waals surface area contributed by atoms with Crippen molar-refractivity contribution in [3.63, 3.8) is 0 Å². The molecule has 4 heterocycles. The topological polar surface area (TPSA) is 222 Å². The number of nitrogens with zero attached hydrogens (tertiary/aromatic N) is 4. The predicted molar refractivity (Wildman–Crippen MR) is 294 cm³/mol. The minimum absolute atomic E-state index is 0.0191. The second-order valence-electron chi connectivity index (χ2n) is 22.7. The highest BCUT2D eigenvalue weighted by Gasteiger charge is 2.48. The molecule has 0 unspecified atom stereocenters. The number of carbonyl (C=O) groups is 8. The van der Waals surface area contributed by atoms with Crippen molar-refractivity contribution in [1.82, 2.24) is 51.5 Å². The Hall–Kier alpha value is -6.66. The Balaban J connectivity index is 0.832. The van der Waals surface area contributed by atoms with Gasteiger partial charge in [0.15, 0.2) is 0 Å². The van der Waals surface area contributed by atoms with Gasteiger partial charge in [-0.25, -0.2) is 0 Å². The summed E-state index contributed by atoms with van der Waals surface area (Å²) < 4.78 is 0. The Morgan fingerprint density at radius 1 is 0.487 bits per heavy atom. The van der Waals surface area contributed by atoms with Gasteiger partial charge in [-0.15, -0.1) is 0 Å². The van der Waals surface area contributed by atoms with E-state index in [0.29, 0.717) is 62.7 Å². The van der Waals surface area contributed by atoms with E-state index in [1.54, 1.807) is 47.5 Å². The number of fused-ring (bicyclic) bond motifs is 2. The Kier molecular flexibility index (Phi) is 18.3. The first kappa shape index (κ1) is 56.1. The van der Waals surface area contributed by atoms with Gasteiger partial charge in [-0.3, -0.25) is 38.4 Å². The van der Waals surface area contributed by atoms with Gasteiger partial charge in [-0.2, -0.15) is 0 Å². The zero-order chi connectivity index (χ0) is 55.0. The molecule has 0 radical (unpaired) electrons. The molecule has 4 aliphatic heterocycles. The van der Waals surface area contributed by atoms with E-state index in [0.717, 1.165) is 38.5 Å². The van der Waals surface area contributed by atoms with Crippen molar-refractivity contribution in [2.75, 3.05) is 40.3 Å². The number of benzene rings is 3. The summed E-state index contributed by atoms with van der Waals surface area (Å²) >= 11 is 0. The molecule has 0 aromatic heterocycles. The van der Waals surface area contributed by atoms with Gasteiger partial charge in [0.25, 0.3) is 0 Å². The van der Waals surface area contributed by atoms with Crippen LogP contribution >= 0.6 is 0 Å². The van der Waals surface area contributed by atoms with Crippen LogP contribution in [-0.4, -0.2) is 168 Å². The summed E-state index contributed by atoms with van der Waals surface area (Å²) in [6, 6.07) is 22.3. The maximum atomic E-state index is 14.7. The Bertz CT molecular complexity index is 2460. The highest BCUT2D eigenvalue weighted by molar-refractivity contribution is 5.96. The molecule has 4 saturated heterocycles. The molecular formula is C60H80N10O8. The molecule has 9 rings (SSSR count). The number of carbonyl (C=O) groups excluding carboxylic acids is 8. The summed E-state index contributed by atoms with van der Waals surface area (Å²) in [7, 11) is 3.31. The molecule has 6 aliphatic rings. The standard InChI is InChI=1S/C60H80N10O8/c1-37(61-3)55(73)65-49-35-67(31-29-43-25-27-51(69(43)59(49)77)57(75)63-47-19-11-17-45(47)41-13-7-5-8-14-41)53(71)33-39-21-23-40(24-22-39)34-54(72)68-32-30-44-26-28-52(70(44)60(78)50(36-68)66-56(74)38(2)62-4)58(76)64-48-20-12-18-46(48)42-15-9-6-10-16-42/h5-10,13-16,21-24,37-38,43-52,61-62H,11-12,17-20,25-36H2,1-4H3,(H,63,75)(H,64,76)(H,65,73)(H,66,74)/t37-,38-,43+,44+,45+,46+,47+,48+,49-,50-,51-,52-/m0/s1. The maximum Gasteiger partial charge on any atom is 0.247 e.